The van der Waals surface area contributed by atoms with E-state index in [1.54, 1.807) is 13.0 Å². The molecule has 1 nitrogen and oxygen atoms in total. The SMILES string of the molecule is CC.Cc1cc(F)cc(/C=C/C=O)c1. The van der Waals surface area contributed by atoms with E-state index in [4.69, 9.17) is 0 Å². The normalized spacial score (nSPS) is 9.43. The van der Waals surface area contributed by atoms with Crippen LogP contribution < -0.4 is 0 Å². The molecule has 0 bridgehead atoms. The molecule has 0 saturated heterocycles. The minimum Gasteiger partial charge on any atom is -0.299 e. The first-order valence-electron chi connectivity index (χ1n) is 4.61. The number of halogens is 1. The zero-order valence-corrected chi connectivity index (χ0v) is 8.75. The van der Waals surface area contributed by atoms with Crippen LogP contribution in [0.1, 0.15) is 25.0 Å². The molecule has 1 aromatic rings. The Bertz CT molecular complexity index is 296. The molecule has 0 aromatic heterocycles. The summed E-state index contributed by atoms with van der Waals surface area (Å²) in [6.07, 6.45) is 3.58. The van der Waals surface area contributed by atoms with Crippen molar-refractivity contribution in [3.63, 3.8) is 0 Å². The Kier molecular flexibility index (Phi) is 6.29. The fraction of sp³-hybridized carbons (Fsp3) is 0.250. The van der Waals surface area contributed by atoms with E-state index >= 15 is 0 Å². The number of aryl methyl sites for hydroxylation is 1. The maximum absolute atomic E-state index is 12.7. The highest BCUT2D eigenvalue weighted by atomic mass is 19.1. The maximum Gasteiger partial charge on any atom is 0.142 e. The second kappa shape index (κ2) is 7.01. The number of aldehydes is 1. The van der Waals surface area contributed by atoms with Gasteiger partial charge in [-0.3, -0.25) is 4.79 Å². The van der Waals surface area contributed by atoms with Crippen molar-refractivity contribution in [2.75, 3.05) is 0 Å². The van der Waals surface area contributed by atoms with Crippen LogP contribution in [0.2, 0.25) is 0 Å². The van der Waals surface area contributed by atoms with Crippen LogP contribution in [-0.2, 0) is 4.79 Å². The van der Waals surface area contributed by atoms with Crippen LogP contribution in [0.3, 0.4) is 0 Å². The summed E-state index contributed by atoms with van der Waals surface area (Å²) >= 11 is 0. The average Bonchev–Trinajstić information content (AvgIpc) is 2.16. The molecular weight excluding hydrogens is 179 g/mol. The molecule has 0 atom stereocenters. The van der Waals surface area contributed by atoms with Gasteiger partial charge in [-0.15, -0.1) is 0 Å². The van der Waals surface area contributed by atoms with Crippen LogP contribution in [0, 0.1) is 12.7 Å². The van der Waals surface area contributed by atoms with Gasteiger partial charge in [0.2, 0.25) is 0 Å². The van der Waals surface area contributed by atoms with Crippen molar-refractivity contribution >= 4 is 12.4 Å². The largest absolute Gasteiger partial charge is 0.299 e. The monoisotopic (exact) mass is 194 g/mol. The summed E-state index contributed by atoms with van der Waals surface area (Å²) in [4.78, 5) is 9.97. The molecule has 0 amide bonds. The third-order valence-corrected chi connectivity index (χ3v) is 1.43. The molecule has 2 heteroatoms. The van der Waals surface area contributed by atoms with Crippen LogP contribution in [0.5, 0.6) is 0 Å². The summed E-state index contributed by atoms with van der Waals surface area (Å²) in [5, 5.41) is 0. The van der Waals surface area contributed by atoms with E-state index in [0.717, 1.165) is 5.56 Å². The van der Waals surface area contributed by atoms with E-state index in [1.165, 1.54) is 18.2 Å². The highest BCUT2D eigenvalue weighted by molar-refractivity contribution is 5.73. The molecule has 0 unspecified atom stereocenters. The molecule has 0 aliphatic rings. The van der Waals surface area contributed by atoms with E-state index in [0.29, 0.717) is 11.8 Å². The lowest BCUT2D eigenvalue weighted by molar-refractivity contribution is -0.104. The van der Waals surface area contributed by atoms with E-state index in [9.17, 15) is 9.18 Å². The molecule has 1 rings (SSSR count). The third kappa shape index (κ3) is 4.55. The quantitative estimate of drug-likeness (QED) is 0.521. The molecule has 0 aliphatic carbocycles. The average molecular weight is 194 g/mol. The Hall–Kier alpha value is -1.44. The molecule has 0 N–H and O–H groups in total. The van der Waals surface area contributed by atoms with Crippen molar-refractivity contribution in [2.45, 2.75) is 20.8 Å². The van der Waals surface area contributed by atoms with Gasteiger partial charge in [0.25, 0.3) is 0 Å². The van der Waals surface area contributed by atoms with Gasteiger partial charge in [-0.1, -0.05) is 26.0 Å². The summed E-state index contributed by atoms with van der Waals surface area (Å²) in [6, 6.07) is 4.63. The van der Waals surface area contributed by atoms with E-state index in [2.05, 4.69) is 0 Å². The van der Waals surface area contributed by atoms with Crippen LogP contribution in [-0.4, -0.2) is 6.29 Å². The molecule has 0 fully saturated rings. The van der Waals surface area contributed by atoms with Gasteiger partial charge in [-0.05, 0) is 36.3 Å². The highest BCUT2D eigenvalue weighted by Crippen LogP contribution is 2.09. The Labute approximate surface area is 84.3 Å². The lowest BCUT2D eigenvalue weighted by Gasteiger charge is -1.96. The van der Waals surface area contributed by atoms with Gasteiger partial charge in [0, 0.05) is 0 Å². The first-order valence-corrected chi connectivity index (χ1v) is 4.61. The van der Waals surface area contributed by atoms with Gasteiger partial charge in [0.05, 0.1) is 0 Å². The minimum absolute atomic E-state index is 0.277. The summed E-state index contributed by atoms with van der Waals surface area (Å²) in [5.74, 6) is -0.277. The predicted octanol–water partition coefficient (Wildman–Crippen LogP) is 3.37. The van der Waals surface area contributed by atoms with Crippen LogP contribution in [0.15, 0.2) is 24.3 Å². The van der Waals surface area contributed by atoms with Crippen LogP contribution in [0.25, 0.3) is 6.08 Å². The summed E-state index contributed by atoms with van der Waals surface area (Å²) in [6.45, 7) is 5.81. The lowest BCUT2D eigenvalue weighted by atomic mass is 10.1. The van der Waals surface area contributed by atoms with Crippen molar-refractivity contribution in [1.82, 2.24) is 0 Å². The fourth-order valence-electron chi connectivity index (χ4n) is 1.01. The second-order valence-electron chi connectivity index (χ2n) is 2.56. The van der Waals surface area contributed by atoms with Gasteiger partial charge >= 0.3 is 0 Å². The molecule has 14 heavy (non-hydrogen) atoms. The standard InChI is InChI=1S/C10H9FO.C2H6/c1-8-5-9(3-2-4-12)7-10(11)6-8;1-2/h2-7H,1H3;1-2H3/b3-2+;. The number of carbonyl (C=O) groups excluding carboxylic acids is 1. The Morgan fingerprint density at radius 2 is 1.86 bits per heavy atom. The van der Waals surface area contributed by atoms with Gasteiger partial charge in [-0.2, -0.15) is 0 Å². The number of hydrogen-bond acceptors (Lipinski definition) is 1. The summed E-state index contributed by atoms with van der Waals surface area (Å²) in [5.41, 5.74) is 1.56. The van der Waals surface area contributed by atoms with Crippen LogP contribution >= 0.6 is 0 Å². The molecule has 0 saturated carbocycles. The molecule has 1 aromatic carbocycles. The summed E-state index contributed by atoms with van der Waals surface area (Å²) in [7, 11) is 0. The number of allylic oxidation sites excluding steroid dienone is 1. The Morgan fingerprint density at radius 1 is 1.21 bits per heavy atom. The number of rotatable bonds is 2. The Balaban J connectivity index is 0.000000791. The zero-order valence-electron chi connectivity index (χ0n) is 8.75. The molecule has 0 heterocycles. The first-order chi connectivity index (χ1) is 6.72. The van der Waals surface area contributed by atoms with Gasteiger partial charge in [0.1, 0.15) is 12.1 Å². The maximum atomic E-state index is 12.7. The molecule has 0 radical (unpaired) electrons. The molecule has 0 spiro atoms. The minimum atomic E-state index is -0.277. The summed E-state index contributed by atoms with van der Waals surface area (Å²) < 4.78 is 12.7. The number of benzene rings is 1. The van der Waals surface area contributed by atoms with Crippen molar-refractivity contribution in [1.29, 1.82) is 0 Å². The topological polar surface area (TPSA) is 17.1 Å². The van der Waals surface area contributed by atoms with Gasteiger partial charge in [0.15, 0.2) is 0 Å². The van der Waals surface area contributed by atoms with E-state index < -0.39 is 0 Å². The molecule has 0 aliphatic heterocycles. The molecule has 76 valence electrons. The van der Waals surface area contributed by atoms with E-state index in [-0.39, 0.29) is 5.82 Å². The zero-order chi connectivity index (χ0) is 11.0. The highest BCUT2D eigenvalue weighted by Gasteiger charge is 1.93. The predicted molar refractivity (Wildman–Crippen MR) is 57.6 cm³/mol. The number of carbonyl (C=O) groups is 1. The lowest BCUT2D eigenvalue weighted by Crippen LogP contribution is -1.80. The van der Waals surface area contributed by atoms with Crippen molar-refractivity contribution in [2.24, 2.45) is 0 Å². The smallest absolute Gasteiger partial charge is 0.142 e. The van der Waals surface area contributed by atoms with Crippen molar-refractivity contribution in [3.05, 3.63) is 41.2 Å². The molecular formula is C12H15FO. The van der Waals surface area contributed by atoms with Crippen molar-refractivity contribution in [3.8, 4) is 0 Å². The second-order valence-corrected chi connectivity index (χ2v) is 2.56. The van der Waals surface area contributed by atoms with Crippen molar-refractivity contribution < 1.29 is 9.18 Å². The van der Waals surface area contributed by atoms with Crippen LogP contribution in [0.4, 0.5) is 4.39 Å². The third-order valence-electron chi connectivity index (χ3n) is 1.43. The Morgan fingerprint density at radius 3 is 2.36 bits per heavy atom. The van der Waals surface area contributed by atoms with Gasteiger partial charge < -0.3 is 0 Å². The fourth-order valence-corrected chi connectivity index (χ4v) is 1.01. The number of hydrogen-bond donors (Lipinski definition) is 0. The first kappa shape index (κ1) is 12.6. The van der Waals surface area contributed by atoms with E-state index in [1.807, 2.05) is 19.9 Å². The van der Waals surface area contributed by atoms with Gasteiger partial charge in [-0.25, -0.2) is 4.39 Å².